The number of halogens is 1. The number of hydrogen-bond acceptors (Lipinski definition) is 0. The summed E-state index contributed by atoms with van der Waals surface area (Å²) in [4.78, 5) is 0. The standard InChI is InChI=1S/C11H11Cl/c1-2-8-3-4-9-5-6-10(12)7-11(8)9/h3,5-7H,2,4H2,1H3. The summed E-state index contributed by atoms with van der Waals surface area (Å²) in [5, 5.41) is 0.843. The second-order valence-electron chi connectivity index (χ2n) is 3.09. The highest BCUT2D eigenvalue weighted by atomic mass is 35.5. The average molecular weight is 179 g/mol. The quantitative estimate of drug-likeness (QED) is 0.616. The molecule has 1 aromatic rings. The SMILES string of the molecule is CCC1=CCc2ccc(Cl)cc21. The molecule has 0 aromatic heterocycles. The van der Waals surface area contributed by atoms with Gasteiger partial charge >= 0.3 is 0 Å². The summed E-state index contributed by atoms with van der Waals surface area (Å²) in [6, 6.07) is 6.16. The van der Waals surface area contributed by atoms with Gasteiger partial charge in [0.05, 0.1) is 0 Å². The minimum Gasteiger partial charge on any atom is -0.0843 e. The van der Waals surface area contributed by atoms with E-state index in [1.807, 2.05) is 6.07 Å². The topological polar surface area (TPSA) is 0 Å². The van der Waals surface area contributed by atoms with Crippen molar-refractivity contribution in [3.05, 3.63) is 40.4 Å². The van der Waals surface area contributed by atoms with Gasteiger partial charge in [-0.15, -0.1) is 0 Å². The molecule has 0 bridgehead atoms. The van der Waals surface area contributed by atoms with Crippen LogP contribution in [0.25, 0.3) is 5.57 Å². The molecule has 0 N–H and O–H groups in total. The maximum absolute atomic E-state index is 5.92. The lowest BCUT2D eigenvalue weighted by atomic mass is 10.0. The maximum Gasteiger partial charge on any atom is 0.0412 e. The first-order valence-corrected chi connectivity index (χ1v) is 4.67. The van der Waals surface area contributed by atoms with E-state index in [1.54, 1.807) is 0 Å². The lowest BCUT2D eigenvalue weighted by molar-refractivity contribution is 1.25. The summed E-state index contributed by atoms with van der Waals surface area (Å²) in [6.07, 6.45) is 4.48. The van der Waals surface area contributed by atoms with Crippen molar-refractivity contribution in [2.75, 3.05) is 0 Å². The predicted octanol–water partition coefficient (Wildman–Crippen LogP) is 3.69. The monoisotopic (exact) mass is 178 g/mol. The normalized spacial score (nSPS) is 14.3. The Labute approximate surface area is 77.9 Å². The zero-order valence-corrected chi connectivity index (χ0v) is 7.86. The molecule has 0 radical (unpaired) electrons. The fraction of sp³-hybridized carbons (Fsp3) is 0.273. The summed E-state index contributed by atoms with van der Waals surface area (Å²) in [6.45, 7) is 2.18. The molecule has 1 aromatic carbocycles. The van der Waals surface area contributed by atoms with E-state index < -0.39 is 0 Å². The van der Waals surface area contributed by atoms with Gasteiger partial charge in [-0.1, -0.05) is 30.7 Å². The van der Waals surface area contributed by atoms with Gasteiger partial charge in [-0.25, -0.2) is 0 Å². The van der Waals surface area contributed by atoms with Gasteiger partial charge < -0.3 is 0 Å². The number of rotatable bonds is 1. The molecule has 1 heteroatoms. The summed E-state index contributed by atoms with van der Waals surface area (Å²) in [7, 11) is 0. The summed E-state index contributed by atoms with van der Waals surface area (Å²) < 4.78 is 0. The van der Waals surface area contributed by atoms with E-state index in [0.717, 1.165) is 17.9 Å². The first-order valence-electron chi connectivity index (χ1n) is 4.29. The van der Waals surface area contributed by atoms with E-state index in [2.05, 4.69) is 25.1 Å². The van der Waals surface area contributed by atoms with E-state index >= 15 is 0 Å². The highest BCUT2D eigenvalue weighted by Crippen LogP contribution is 2.31. The third-order valence-electron chi connectivity index (χ3n) is 2.37. The van der Waals surface area contributed by atoms with Crippen molar-refractivity contribution >= 4 is 17.2 Å². The van der Waals surface area contributed by atoms with Crippen LogP contribution in [0.2, 0.25) is 5.02 Å². The molecule has 0 aliphatic heterocycles. The number of fused-ring (bicyclic) bond motifs is 1. The third kappa shape index (κ3) is 1.16. The molecule has 1 aliphatic rings. The molecule has 12 heavy (non-hydrogen) atoms. The lowest BCUT2D eigenvalue weighted by Crippen LogP contribution is -1.83. The first-order chi connectivity index (χ1) is 5.81. The van der Waals surface area contributed by atoms with Crippen LogP contribution in [-0.2, 0) is 6.42 Å². The van der Waals surface area contributed by atoms with Gasteiger partial charge in [-0.2, -0.15) is 0 Å². The molecule has 0 atom stereocenters. The van der Waals surface area contributed by atoms with Crippen molar-refractivity contribution in [1.82, 2.24) is 0 Å². The molecule has 2 rings (SSSR count). The summed E-state index contributed by atoms with van der Waals surface area (Å²) in [5.74, 6) is 0. The molecule has 0 unspecified atom stereocenters. The van der Waals surface area contributed by atoms with Crippen molar-refractivity contribution < 1.29 is 0 Å². The molecule has 0 heterocycles. The molecule has 1 aliphatic carbocycles. The Morgan fingerprint density at radius 1 is 1.42 bits per heavy atom. The second kappa shape index (κ2) is 2.95. The highest BCUT2D eigenvalue weighted by molar-refractivity contribution is 6.30. The Kier molecular flexibility index (Phi) is 1.93. The molecule has 0 saturated heterocycles. The minimum atomic E-state index is 0.843. The summed E-state index contributed by atoms with van der Waals surface area (Å²) >= 11 is 5.92. The second-order valence-corrected chi connectivity index (χ2v) is 3.52. The van der Waals surface area contributed by atoms with Gasteiger partial charge in [-0.3, -0.25) is 0 Å². The third-order valence-corrected chi connectivity index (χ3v) is 2.60. The predicted molar refractivity (Wildman–Crippen MR) is 53.4 cm³/mol. The van der Waals surface area contributed by atoms with Gasteiger partial charge in [0, 0.05) is 5.02 Å². The van der Waals surface area contributed by atoms with Crippen LogP contribution in [0, 0.1) is 0 Å². The Morgan fingerprint density at radius 2 is 2.25 bits per heavy atom. The molecule has 0 nitrogen and oxygen atoms in total. The van der Waals surface area contributed by atoms with Crippen molar-refractivity contribution in [2.45, 2.75) is 19.8 Å². The van der Waals surface area contributed by atoms with Gasteiger partial charge in [0.25, 0.3) is 0 Å². The highest BCUT2D eigenvalue weighted by Gasteiger charge is 2.11. The van der Waals surface area contributed by atoms with Gasteiger partial charge in [0.2, 0.25) is 0 Å². The Morgan fingerprint density at radius 3 is 3.00 bits per heavy atom. The van der Waals surface area contributed by atoms with E-state index in [9.17, 15) is 0 Å². The van der Waals surface area contributed by atoms with Crippen LogP contribution in [0.5, 0.6) is 0 Å². The van der Waals surface area contributed by atoms with Crippen LogP contribution >= 0.6 is 11.6 Å². The molecule has 0 fully saturated rings. The van der Waals surface area contributed by atoms with Crippen molar-refractivity contribution in [3.8, 4) is 0 Å². The van der Waals surface area contributed by atoms with Crippen LogP contribution in [-0.4, -0.2) is 0 Å². The van der Waals surface area contributed by atoms with Crippen LogP contribution in [0.3, 0.4) is 0 Å². The smallest absolute Gasteiger partial charge is 0.0412 e. The van der Waals surface area contributed by atoms with Crippen LogP contribution in [0.15, 0.2) is 24.3 Å². The van der Waals surface area contributed by atoms with E-state index in [1.165, 1.54) is 16.7 Å². The zero-order valence-electron chi connectivity index (χ0n) is 7.10. The van der Waals surface area contributed by atoms with Crippen molar-refractivity contribution in [1.29, 1.82) is 0 Å². The van der Waals surface area contributed by atoms with Crippen molar-refractivity contribution in [3.63, 3.8) is 0 Å². The first kappa shape index (κ1) is 7.88. The molecule has 0 amide bonds. The molecular formula is C11H11Cl. The fourth-order valence-electron chi connectivity index (χ4n) is 1.70. The van der Waals surface area contributed by atoms with Gasteiger partial charge in [0.1, 0.15) is 0 Å². The molecule has 0 saturated carbocycles. The van der Waals surface area contributed by atoms with Crippen LogP contribution in [0.1, 0.15) is 24.5 Å². The lowest BCUT2D eigenvalue weighted by Gasteiger charge is -2.02. The minimum absolute atomic E-state index is 0.843. The largest absolute Gasteiger partial charge is 0.0843 e. The number of benzene rings is 1. The average Bonchev–Trinajstić information content (AvgIpc) is 2.46. The Balaban J connectivity index is 2.50. The Bertz CT molecular complexity index is 337. The van der Waals surface area contributed by atoms with Gasteiger partial charge in [-0.05, 0) is 41.7 Å². The zero-order chi connectivity index (χ0) is 8.55. The van der Waals surface area contributed by atoms with E-state index in [4.69, 9.17) is 11.6 Å². The van der Waals surface area contributed by atoms with E-state index in [-0.39, 0.29) is 0 Å². The Hall–Kier alpha value is -0.750. The van der Waals surface area contributed by atoms with Crippen molar-refractivity contribution in [2.24, 2.45) is 0 Å². The van der Waals surface area contributed by atoms with Gasteiger partial charge in [0.15, 0.2) is 0 Å². The fourth-order valence-corrected chi connectivity index (χ4v) is 1.88. The summed E-state index contributed by atoms with van der Waals surface area (Å²) in [5.41, 5.74) is 4.20. The maximum atomic E-state index is 5.92. The number of hydrogen-bond donors (Lipinski definition) is 0. The molecule has 62 valence electrons. The van der Waals surface area contributed by atoms with E-state index in [0.29, 0.717) is 0 Å². The van der Waals surface area contributed by atoms with Crippen LogP contribution < -0.4 is 0 Å². The molecule has 0 spiro atoms. The molecular weight excluding hydrogens is 168 g/mol. The number of allylic oxidation sites excluding steroid dienone is 2. The van der Waals surface area contributed by atoms with Crippen LogP contribution in [0.4, 0.5) is 0 Å².